The van der Waals surface area contributed by atoms with Gasteiger partial charge in [-0.2, -0.15) is 0 Å². The maximum absolute atomic E-state index is 2.52. The summed E-state index contributed by atoms with van der Waals surface area (Å²) in [5, 5.41) is 10.2. The average Bonchev–Trinajstić information content (AvgIpc) is 4.05. The average molecular weight is 892 g/mol. The largest absolute Gasteiger partial charge is 0.310 e. The topological polar surface area (TPSA) is 3.24 Å². The van der Waals surface area contributed by atoms with Crippen LogP contribution in [-0.4, -0.2) is 0 Å². The summed E-state index contributed by atoms with van der Waals surface area (Å²) in [5.74, 6) is 0. The molecule has 1 spiro atoms. The molecule has 13 aromatic rings. The lowest BCUT2D eigenvalue weighted by atomic mass is 9.70. The van der Waals surface area contributed by atoms with Crippen molar-refractivity contribution in [3.8, 4) is 44.5 Å². The van der Waals surface area contributed by atoms with Gasteiger partial charge in [0.05, 0.1) is 11.1 Å². The van der Waals surface area contributed by atoms with Crippen molar-refractivity contribution < 1.29 is 0 Å². The molecule has 2 heteroatoms. The Morgan fingerprint density at radius 2 is 0.739 bits per heavy atom. The highest BCUT2D eigenvalue weighted by atomic mass is 32.1. The highest BCUT2D eigenvalue weighted by molar-refractivity contribution is 7.25. The van der Waals surface area contributed by atoms with Gasteiger partial charge in [-0.3, -0.25) is 0 Å². The molecule has 0 saturated carbocycles. The number of nitrogens with zero attached hydrogens (tertiary/aromatic N) is 1. The molecular weight excluding hydrogens is 851 g/mol. The van der Waals surface area contributed by atoms with Crippen LogP contribution in [0.4, 0.5) is 17.1 Å². The molecule has 0 amide bonds. The number of fused-ring (bicyclic) bond motifs is 19. The molecule has 0 fully saturated rings. The van der Waals surface area contributed by atoms with E-state index in [4.69, 9.17) is 0 Å². The zero-order valence-corrected chi connectivity index (χ0v) is 38.3. The smallest absolute Gasteiger partial charge is 0.0726 e. The standard InChI is InChI=1S/C67H41NS/c1-2-18-50-48(17-1)49-19-3-4-24-57(49)66-58(50)25-14-29-63(66)68(46-34-31-42(32-35-46)43-15-13-16-44(39-43)45-33-37-56-55-23-8-12-30-64(55)69-65(56)40-45)47-36-38-54-53-22-7-11-28-61(53)67(62(54)41-47)59-26-9-5-20-51(59)52-21-6-10-27-60(52)67/h1-41H. The molecule has 0 N–H and O–H groups in total. The fourth-order valence-electron chi connectivity index (χ4n) is 12.4. The van der Waals surface area contributed by atoms with Crippen LogP contribution in [0, 0.1) is 0 Å². The third-order valence-electron chi connectivity index (χ3n) is 15.3. The Labute approximate surface area is 404 Å². The first-order chi connectivity index (χ1) is 34.2. The number of anilines is 3. The van der Waals surface area contributed by atoms with Crippen molar-refractivity contribution in [1.82, 2.24) is 0 Å². The molecule has 69 heavy (non-hydrogen) atoms. The SMILES string of the molecule is c1cc(-c2ccc(N(c3ccc4c(c3)C3(c5ccccc5-c5ccccc53)c3ccccc3-4)c3cccc4c5ccccc5c5ccccc5c34)cc2)cc(-c2ccc3c(c2)sc2ccccc23)c1. The highest BCUT2D eigenvalue weighted by Crippen LogP contribution is 2.63. The number of hydrogen-bond acceptors (Lipinski definition) is 2. The third-order valence-corrected chi connectivity index (χ3v) is 16.4. The fraction of sp³-hybridized carbons (Fsp3) is 0.0149. The van der Waals surface area contributed by atoms with Crippen molar-refractivity contribution >= 4 is 80.9 Å². The van der Waals surface area contributed by atoms with Gasteiger partial charge in [0, 0.05) is 36.9 Å². The number of thiophene rings is 1. The van der Waals surface area contributed by atoms with Crippen LogP contribution in [0.2, 0.25) is 0 Å². The summed E-state index contributed by atoms with van der Waals surface area (Å²) >= 11 is 1.87. The molecule has 2 aliphatic rings. The lowest BCUT2D eigenvalue weighted by molar-refractivity contribution is 0.793. The number of hydrogen-bond donors (Lipinski definition) is 0. The molecule has 1 heterocycles. The molecule has 0 unspecified atom stereocenters. The van der Waals surface area contributed by atoms with E-state index in [2.05, 4.69) is 254 Å². The van der Waals surface area contributed by atoms with E-state index in [1.165, 1.54) is 119 Å². The van der Waals surface area contributed by atoms with E-state index in [1.54, 1.807) is 0 Å². The Kier molecular flexibility index (Phi) is 8.22. The molecule has 0 saturated heterocycles. The van der Waals surface area contributed by atoms with E-state index in [1.807, 2.05) is 11.3 Å². The van der Waals surface area contributed by atoms with Gasteiger partial charge in [-0.25, -0.2) is 0 Å². The minimum atomic E-state index is -0.460. The Morgan fingerprint density at radius 1 is 0.275 bits per heavy atom. The summed E-state index contributed by atoms with van der Waals surface area (Å²) in [7, 11) is 0. The summed E-state index contributed by atoms with van der Waals surface area (Å²) in [5.41, 5.74) is 18.3. The van der Waals surface area contributed by atoms with E-state index < -0.39 is 5.41 Å². The molecule has 1 aromatic heterocycles. The summed E-state index contributed by atoms with van der Waals surface area (Å²) < 4.78 is 2.65. The van der Waals surface area contributed by atoms with Gasteiger partial charge in [-0.05, 0) is 142 Å². The number of benzene rings is 12. The first-order valence-electron chi connectivity index (χ1n) is 23.9. The third kappa shape index (κ3) is 5.46. The van der Waals surface area contributed by atoms with Gasteiger partial charge in [0.15, 0.2) is 0 Å². The molecular formula is C67H41NS. The van der Waals surface area contributed by atoms with Crippen LogP contribution >= 0.6 is 11.3 Å². The van der Waals surface area contributed by atoms with Crippen LogP contribution < -0.4 is 4.90 Å². The minimum absolute atomic E-state index is 0.460. The Bertz CT molecular complexity index is 4160. The van der Waals surface area contributed by atoms with E-state index in [0.717, 1.165) is 17.1 Å². The van der Waals surface area contributed by atoms with Gasteiger partial charge in [0.25, 0.3) is 0 Å². The van der Waals surface area contributed by atoms with Crippen LogP contribution in [0.1, 0.15) is 22.3 Å². The van der Waals surface area contributed by atoms with E-state index in [-0.39, 0.29) is 0 Å². The first kappa shape index (κ1) is 38.5. The Balaban J connectivity index is 0.936. The summed E-state index contributed by atoms with van der Waals surface area (Å²) in [6.07, 6.45) is 0. The van der Waals surface area contributed by atoms with Crippen LogP contribution in [0.25, 0.3) is 97.0 Å². The van der Waals surface area contributed by atoms with Crippen molar-refractivity contribution in [3.05, 3.63) is 271 Å². The predicted octanol–water partition coefficient (Wildman–Crippen LogP) is 18.7. The highest BCUT2D eigenvalue weighted by Gasteiger charge is 2.51. The van der Waals surface area contributed by atoms with Gasteiger partial charge in [0.1, 0.15) is 0 Å². The van der Waals surface area contributed by atoms with Crippen LogP contribution in [-0.2, 0) is 5.41 Å². The zero-order chi connectivity index (χ0) is 45.2. The quantitative estimate of drug-likeness (QED) is 0.156. The molecule has 12 aromatic carbocycles. The van der Waals surface area contributed by atoms with Crippen LogP contribution in [0.5, 0.6) is 0 Å². The molecule has 320 valence electrons. The summed E-state index contributed by atoms with van der Waals surface area (Å²) in [6, 6.07) is 93.2. The van der Waals surface area contributed by atoms with Gasteiger partial charge < -0.3 is 4.90 Å². The summed E-state index contributed by atoms with van der Waals surface area (Å²) in [4.78, 5) is 2.52. The van der Waals surface area contributed by atoms with Crippen LogP contribution in [0.3, 0.4) is 0 Å². The normalized spacial score (nSPS) is 13.0. The van der Waals surface area contributed by atoms with Crippen molar-refractivity contribution in [2.24, 2.45) is 0 Å². The molecule has 0 bridgehead atoms. The molecule has 2 aliphatic carbocycles. The van der Waals surface area contributed by atoms with Crippen LogP contribution in [0.15, 0.2) is 249 Å². The van der Waals surface area contributed by atoms with Crippen molar-refractivity contribution in [2.75, 3.05) is 4.90 Å². The first-order valence-corrected chi connectivity index (χ1v) is 24.7. The van der Waals surface area contributed by atoms with Gasteiger partial charge in [-0.1, -0.05) is 200 Å². The van der Waals surface area contributed by atoms with Crippen molar-refractivity contribution in [2.45, 2.75) is 5.41 Å². The molecule has 1 nitrogen and oxygen atoms in total. The molecule has 15 rings (SSSR count). The maximum Gasteiger partial charge on any atom is 0.0726 e. The monoisotopic (exact) mass is 891 g/mol. The van der Waals surface area contributed by atoms with E-state index in [9.17, 15) is 0 Å². The molecule has 0 aliphatic heterocycles. The lowest BCUT2D eigenvalue weighted by Gasteiger charge is -2.32. The van der Waals surface area contributed by atoms with Crippen molar-refractivity contribution in [1.29, 1.82) is 0 Å². The van der Waals surface area contributed by atoms with E-state index in [0.29, 0.717) is 0 Å². The Hall–Kier alpha value is -8.56. The maximum atomic E-state index is 2.52. The van der Waals surface area contributed by atoms with Gasteiger partial charge >= 0.3 is 0 Å². The molecule has 0 atom stereocenters. The zero-order valence-electron chi connectivity index (χ0n) is 37.5. The van der Waals surface area contributed by atoms with Crippen molar-refractivity contribution in [3.63, 3.8) is 0 Å². The molecule has 0 radical (unpaired) electrons. The second-order valence-electron chi connectivity index (χ2n) is 18.7. The second kappa shape index (κ2) is 14.7. The summed E-state index contributed by atoms with van der Waals surface area (Å²) in [6.45, 7) is 0. The predicted molar refractivity (Wildman–Crippen MR) is 294 cm³/mol. The fourth-order valence-corrected chi connectivity index (χ4v) is 13.5. The number of rotatable bonds is 5. The van der Waals surface area contributed by atoms with Gasteiger partial charge in [-0.15, -0.1) is 11.3 Å². The minimum Gasteiger partial charge on any atom is -0.310 e. The Morgan fingerprint density at radius 3 is 1.41 bits per heavy atom. The van der Waals surface area contributed by atoms with Gasteiger partial charge in [0.2, 0.25) is 0 Å². The lowest BCUT2D eigenvalue weighted by Crippen LogP contribution is -2.26. The second-order valence-corrected chi connectivity index (χ2v) is 19.8. The van der Waals surface area contributed by atoms with E-state index >= 15 is 0 Å².